The molecule has 0 aliphatic carbocycles. The Bertz CT molecular complexity index is 843. The van der Waals surface area contributed by atoms with E-state index in [1.54, 1.807) is 7.11 Å². The number of anilines is 1. The molecule has 29 heavy (non-hydrogen) atoms. The number of nitrogens with zero attached hydrogens (tertiary/aromatic N) is 2. The predicted molar refractivity (Wildman–Crippen MR) is 115 cm³/mol. The lowest BCUT2D eigenvalue weighted by Crippen LogP contribution is -2.25. The van der Waals surface area contributed by atoms with E-state index in [4.69, 9.17) is 15.5 Å². The van der Waals surface area contributed by atoms with E-state index >= 15 is 0 Å². The zero-order valence-electron chi connectivity index (χ0n) is 17.5. The van der Waals surface area contributed by atoms with Gasteiger partial charge in [-0.3, -0.25) is 4.79 Å². The highest BCUT2D eigenvalue weighted by atomic mass is 16.5. The van der Waals surface area contributed by atoms with Crippen molar-refractivity contribution < 1.29 is 14.6 Å². The summed E-state index contributed by atoms with van der Waals surface area (Å²) in [4.78, 5) is 19.5. The summed E-state index contributed by atoms with van der Waals surface area (Å²) in [5.41, 5.74) is 8.57. The van der Waals surface area contributed by atoms with Crippen LogP contribution in [0.2, 0.25) is 0 Å². The van der Waals surface area contributed by atoms with E-state index in [0.717, 1.165) is 55.0 Å². The molecule has 1 amide bonds. The van der Waals surface area contributed by atoms with Gasteiger partial charge in [-0.15, -0.1) is 0 Å². The van der Waals surface area contributed by atoms with E-state index in [1.165, 1.54) is 0 Å². The summed E-state index contributed by atoms with van der Waals surface area (Å²) in [6.45, 7) is 5.99. The molecule has 1 saturated heterocycles. The van der Waals surface area contributed by atoms with Gasteiger partial charge in [-0.05, 0) is 48.9 Å². The highest BCUT2D eigenvalue weighted by molar-refractivity contribution is 5.96. The van der Waals surface area contributed by atoms with Crippen LogP contribution >= 0.6 is 0 Å². The van der Waals surface area contributed by atoms with Crippen LogP contribution in [0.1, 0.15) is 55.1 Å². The van der Waals surface area contributed by atoms with Crippen LogP contribution in [-0.2, 0) is 0 Å². The first-order valence-electron chi connectivity index (χ1n) is 10.3. The Morgan fingerprint density at radius 3 is 2.41 bits per heavy atom. The standard InChI is InChI=1S/C23H31N3O3/c1-15(2)12-17(14-27)21-20(22(24)28)13-19(16-6-8-18(29-3)9-7-16)23(25-21)26-10-4-5-11-26/h6-9,13,15,17,27H,4-5,10-12,14H2,1-3H3,(H2,24,28)/t17-/m1/s1. The molecule has 1 aliphatic heterocycles. The van der Waals surface area contributed by atoms with Crippen LogP contribution in [0.25, 0.3) is 11.1 Å². The average Bonchev–Trinajstić information content (AvgIpc) is 3.25. The van der Waals surface area contributed by atoms with Crippen molar-refractivity contribution in [1.82, 2.24) is 4.98 Å². The van der Waals surface area contributed by atoms with E-state index in [9.17, 15) is 9.90 Å². The molecule has 0 radical (unpaired) electrons. The van der Waals surface area contributed by atoms with Crippen molar-refractivity contribution in [3.63, 3.8) is 0 Å². The highest BCUT2D eigenvalue weighted by Crippen LogP contribution is 2.36. The van der Waals surface area contributed by atoms with Gasteiger partial charge in [0.1, 0.15) is 11.6 Å². The number of aliphatic hydroxyl groups is 1. The highest BCUT2D eigenvalue weighted by Gasteiger charge is 2.26. The van der Waals surface area contributed by atoms with Crippen LogP contribution in [-0.4, -0.2) is 42.8 Å². The number of rotatable bonds is 8. The van der Waals surface area contributed by atoms with Crippen LogP contribution in [0.4, 0.5) is 5.82 Å². The number of primary amides is 1. The van der Waals surface area contributed by atoms with Gasteiger partial charge in [-0.25, -0.2) is 4.98 Å². The number of amides is 1. The first kappa shape index (κ1) is 21.1. The Morgan fingerprint density at radius 1 is 1.24 bits per heavy atom. The predicted octanol–water partition coefficient (Wildman–Crippen LogP) is 3.58. The molecular weight excluding hydrogens is 366 g/mol. The lowest BCUT2D eigenvalue weighted by molar-refractivity contribution is 0.0997. The number of pyridine rings is 1. The number of aliphatic hydroxyl groups excluding tert-OH is 1. The van der Waals surface area contributed by atoms with Gasteiger partial charge < -0.3 is 20.5 Å². The normalized spacial score (nSPS) is 15.0. The van der Waals surface area contributed by atoms with Crippen LogP contribution < -0.4 is 15.4 Å². The number of hydrogen-bond donors (Lipinski definition) is 2. The maximum Gasteiger partial charge on any atom is 0.250 e. The van der Waals surface area contributed by atoms with Gasteiger partial charge in [-0.2, -0.15) is 0 Å². The van der Waals surface area contributed by atoms with Crippen molar-refractivity contribution in [2.45, 2.75) is 39.0 Å². The molecule has 6 heteroatoms. The topological polar surface area (TPSA) is 88.7 Å². The summed E-state index contributed by atoms with van der Waals surface area (Å²) in [7, 11) is 1.63. The van der Waals surface area contributed by atoms with Gasteiger partial charge in [0.05, 0.1) is 25.0 Å². The Labute approximate surface area is 172 Å². The fourth-order valence-electron chi connectivity index (χ4n) is 4.02. The molecule has 1 fully saturated rings. The molecule has 1 aromatic heterocycles. The molecule has 0 saturated carbocycles. The smallest absolute Gasteiger partial charge is 0.250 e. The van der Waals surface area contributed by atoms with Gasteiger partial charge in [-0.1, -0.05) is 26.0 Å². The van der Waals surface area contributed by atoms with E-state index < -0.39 is 5.91 Å². The third-order valence-electron chi connectivity index (χ3n) is 5.47. The second-order valence-electron chi connectivity index (χ2n) is 8.09. The molecule has 0 bridgehead atoms. The maximum atomic E-state index is 12.3. The van der Waals surface area contributed by atoms with Crippen LogP contribution in [0.15, 0.2) is 30.3 Å². The minimum absolute atomic E-state index is 0.0627. The van der Waals surface area contributed by atoms with E-state index in [-0.39, 0.29) is 12.5 Å². The summed E-state index contributed by atoms with van der Waals surface area (Å²) < 4.78 is 5.27. The molecule has 0 spiro atoms. The molecule has 1 aliphatic rings. The Hall–Kier alpha value is -2.60. The van der Waals surface area contributed by atoms with Crippen molar-refractivity contribution in [3.8, 4) is 16.9 Å². The maximum absolute atomic E-state index is 12.3. The first-order valence-corrected chi connectivity index (χ1v) is 10.3. The molecule has 2 heterocycles. The fraction of sp³-hybridized carbons (Fsp3) is 0.478. The molecule has 6 nitrogen and oxygen atoms in total. The minimum Gasteiger partial charge on any atom is -0.497 e. The summed E-state index contributed by atoms with van der Waals surface area (Å²) >= 11 is 0. The third-order valence-corrected chi connectivity index (χ3v) is 5.47. The lowest BCUT2D eigenvalue weighted by Gasteiger charge is -2.25. The second kappa shape index (κ2) is 9.27. The van der Waals surface area contributed by atoms with Crippen molar-refractivity contribution >= 4 is 11.7 Å². The summed E-state index contributed by atoms with van der Waals surface area (Å²) in [5.74, 6) is 1.26. The van der Waals surface area contributed by atoms with Gasteiger partial charge in [0, 0.05) is 24.6 Å². The van der Waals surface area contributed by atoms with Crippen molar-refractivity contribution in [3.05, 3.63) is 41.6 Å². The van der Waals surface area contributed by atoms with Gasteiger partial charge >= 0.3 is 0 Å². The van der Waals surface area contributed by atoms with Crippen molar-refractivity contribution in [2.75, 3.05) is 31.7 Å². The second-order valence-corrected chi connectivity index (χ2v) is 8.09. The van der Waals surface area contributed by atoms with E-state index in [0.29, 0.717) is 17.2 Å². The van der Waals surface area contributed by atoms with Gasteiger partial charge in [0.2, 0.25) is 0 Å². The lowest BCUT2D eigenvalue weighted by atomic mass is 9.90. The minimum atomic E-state index is -0.516. The Morgan fingerprint density at radius 2 is 1.90 bits per heavy atom. The van der Waals surface area contributed by atoms with E-state index in [1.807, 2.05) is 30.3 Å². The summed E-state index contributed by atoms with van der Waals surface area (Å²) in [6, 6.07) is 9.59. The number of nitrogens with two attached hydrogens (primary N) is 1. The molecule has 3 N–H and O–H groups in total. The summed E-state index contributed by atoms with van der Waals surface area (Å²) in [5, 5.41) is 10.0. The van der Waals surface area contributed by atoms with Crippen molar-refractivity contribution in [1.29, 1.82) is 0 Å². The molecule has 1 aromatic carbocycles. The molecular formula is C23H31N3O3. The fourth-order valence-corrected chi connectivity index (χ4v) is 4.02. The average molecular weight is 398 g/mol. The molecule has 3 rings (SSSR count). The zero-order valence-corrected chi connectivity index (χ0v) is 17.5. The number of carbonyl (C=O) groups excluding carboxylic acids is 1. The quantitative estimate of drug-likeness (QED) is 0.711. The van der Waals surface area contributed by atoms with Crippen molar-refractivity contribution in [2.24, 2.45) is 11.7 Å². The zero-order chi connectivity index (χ0) is 21.0. The van der Waals surface area contributed by atoms with Crippen LogP contribution in [0, 0.1) is 5.92 Å². The SMILES string of the molecule is COc1ccc(-c2cc(C(N)=O)c([C@@H](CO)CC(C)C)nc2N2CCCC2)cc1. The number of carbonyl (C=O) groups is 1. The van der Waals surface area contributed by atoms with Gasteiger partial charge in [0.15, 0.2) is 0 Å². The van der Waals surface area contributed by atoms with Crippen LogP contribution in [0.3, 0.4) is 0 Å². The number of hydrogen-bond acceptors (Lipinski definition) is 5. The van der Waals surface area contributed by atoms with Crippen LogP contribution in [0.5, 0.6) is 5.75 Å². The number of ether oxygens (including phenoxy) is 1. The summed E-state index contributed by atoms with van der Waals surface area (Å²) in [6.07, 6.45) is 2.98. The monoisotopic (exact) mass is 397 g/mol. The largest absolute Gasteiger partial charge is 0.497 e. The molecule has 1 atom stereocenters. The number of methoxy groups -OCH3 is 1. The van der Waals surface area contributed by atoms with Gasteiger partial charge in [0.25, 0.3) is 5.91 Å². The number of benzene rings is 1. The molecule has 2 aromatic rings. The van der Waals surface area contributed by atoms with E-state index in [2.05, 4.69) is 18.7 Å². The first-order chi connectivity index (χ1) is 13.9. The third kappa shape index (κ3) is 4.70. The number of aromatic nitrogens is 1. The Kier molecular flexibility index (Phi) is 6.75. The Balaban J connectivity index is 2.18. The molecule has 156 valence electrons. The molecule has 0 unspecified atom stereocenters.